The minimum atomic E-state index is -0.0178. The number of hydrogen-bond acceptors (Lipinski definition) is 5. The predicted molar refractivity (Wildman–Crippen MR) is 91.8 cm³/mol. The third kappa shape index (κ3) is 3.09. The zero-order valence-electron chi connectivity index (χ0n) is 13.8. The van der Waals surface area contributed by atoms with Crippen LogP contribution in [0.1, 0.15) is 25.0 Å². The van der Waals surface area contributed by atoms with E-state index in [0.29, 0.717) is 11.6 Å². The van der Waals surface area contributed by atoms with Crippen LogP contribution in [-0.2, 0) is 11.3 Å². The van der Waals surface area contributed by atoms with Crippen molar-refractivity contribution in [2.75, 3.05) is 19.7 Å². The smallest absolute Gasteiger partial charge is 0.258 e. The van der Waals surface area contributed by atoms with Gasteiger partial charge in [0.05, 0.1) is 11.8 Å². The molecule has 0 spiro atoms. The Morgan fingerprint density at radius 2 is 2.08 bits per heavy atom. The van der Waals surface area contributed by atoms with Gasteiger partial charge in [-0.2, -0.15) is 0 Å². The second-order valence-electron chi connectivity index (χ2n) is 6.92. The van der Waals surface area contributed by atoms with Crippen molar-refractivity contribution in [3.8, 4) is 0 Å². The summed E-state index contributed by atoms with van der Waals surface area (Å²) in [5.74, 6) is 0.564. The highest BCUT2D eigenvalue weighted by atomic mass is 16.5. The lowest BCUT2D eigenvalue weighted by Crippen LogP contribution is -2.43. The van der Waals surface area contributed by atoms with Crippen molar-refractivity contribution in [1.82, 2.24) is 14.3 Å². The largest absolute Gasteiger partial charge is 0.376 e. The van der Waals surface area contributed by atoms with E-state index in [0.717, 1.165) is 51.2 Å². The molecule has 24 heavy (non-hydrogen) atoms. The van der Waals surface area contributed by atoms with Gasteiger partial charge in [0.15, 0.2) is 0 Å². The molecule has 2 atom stereocenters. The first-order valence-corrected chi connectivity index (χ1v) is 8.77. The summed E-state index contributed by atoms with van der Waals surface area (Å²) in [4.78, 5) is 19.2. The minimum absolute atomic E-state index is 0.0178. The lowest BCUT2D eigenvalue weighted by Gasteiger charge is -2.35. The first-order valence-electron chi connectivity index (χ1n) is 8.77. The summed E-state index contributed by atoms with van der Waals surface area (Å²) < 4.78 is 7.40. The molecule has 2 N–H and O–H groups in total. The first-order chi connectivity index (χ1) is 11.7. The van der Waals surface area contributed by atoms with Crippen LogP contribution >= 0.6 is 0 Å². The number of fused-ring (bicyclic) bond motifs is 1. The molecule has 4 rings (SSSR count). The Balaban J connectivity index is 1.41. The van der Waals surface area contributed by atoms with Gasteiger partial charge in [-0.15, -0.1) is 0 Å². The summed E-state index contributed by atoms with van der Waals surface area (Å²) in [6, 6.07) is 7.47. The van der Waals surface area contributed by atoms with Crippen molar-refractivity contribution in [3.63, 3.8) is 0 Å². The number of nitrogens with two attached hydrogens (primary N) is 1. The van der Waals surface area contributed by atoms with E-state index in [1.807, 2.05) is 18.2 Å². The third-order valence-corrected chi connectivity index (χ3v) is 5.29. The summed E-state index contributed by atoms with van der Waals surface area (Å²) in [6.07, 6.45) is 5.17. The number of ether oxygens (including phenoxy) is 1. The van der Waals surface area contributed by atoms with E-state index in [9.17, 15) is 4.79 Å². The van der Waals surface area contributed by atoms with E-state index in [4.69, 9.17) is 10.5 Å². The lowest BCUT2D eigenvalue weighted by atomic mass is 9.88. The van der Waals surface area contributed by atoms with Crippen molar-refractivity contribution in [3.05, 3.63) is 46.5 Å². The first kappa shape index (κ1) is 15.7. The summed E-state index contributed by atoms with van der Waals surface area (Å²) in [6.45, 7) is 3.54. The fourth-order valence-corrected chi connectivity index (χ4v) is 3.97. The quantitative estimate of drug-likeness (QED) is 0.911. The molecule has 0 saturated carbocycles. The van der Waals surface area contributed by atoms with E-state index in [2.05, 4.69) is 9.88 Å². The second kappa shape index (κ2) is 6.63. The molecule has 0 bridgehead atoms. The fraction of sp³-hybridized carbons (Fsp3) is 0.556. The number of piperidine rings is 1. The van der Waals surface area contributed by atoms with Crippen molar-refractivity contribution in [2.24, 2.45) is 11.7 Å². The topological polar surface area (TPSA) is 72.9 Å². The van der Waals surface area contributed by atoms with Crippen molar-refractivity contribution in [1.29, 1.82) is 0 Å². The van der Waals surface area contributed by atoms with Crippen molar-refractivity contribution in [2.45, 2.75) is 38.0 Å². The summed E-state index contributed by atoms with van der Waals surface area (Å²) >= 11 is 0. The van der Waals surface area contributed by atoms with Crippen LogP contribution in [0.25, 0.3) is 5.65 Å². The number of pyridine rings is 1. The molecule has 0 amide bonds. The third-order valence-electron chi connectivity index (χ3n) is 5.29. The Hall–Kier alpha value is -1.76. The Labute approximate surface area is 141 Å². The maximum atomic E-state index is 12.2. The molecule has 4 heterocycles. The van der Waals surface area contributed by atoms with Gasteiger partial charge in [0, 0.05) is 31.5 Å². The molecular formula is C18H24N4O2. The Morgan fingerprint density at radius 3 is 2.83 bits per heavy atom. The average molecular weight is 328 g/mol. The number of likely N-dealkylation sites (tertiary alicyclic amines) is 1. The minimum Gasteiger partial charge on any atom is -0.376 e. The van der Waals surface area contributed by atoms with E-state index in [1.165, 1.54) is 0 Å². The molecule has 6 nitrogen and oxygen atoms in total. The molecule has 6 heteroatoms. The molecule has 0 unspecified atom stereocenters. The highest BCUT2D eigenvalue weighted by Crippen LogP contribution is 2.28. The van der Waals surface area contributed by atoms with Gasteiger partial charge in [-0.1, -0.05) is 6.07 Å². The van der Waals surface area contributed by atoms with Gasteiger partial charge in [0.1, 0.15) is 5.65 Å². The number of aromatic nitrogens is 2. The molecule has 2 saturated heterocycles. The van der Waals surface area contributed by atoms with Crippen molar-refractivity contribution < 1.29 is 4.74 Å². The van der Waals surface area contributed by atoms with Gasteiger partial charge in [-0.05, 0) is 50.4 Å². The van der Waals surface area contributed by atoms with Gasteiger partial charge in [0.25, 0.3) is 5.56 Å². The number of rotatable bonds is 3. The molecule has 2 aromatic heterocycles. The molecular weight excluding hydrogens is 304 g/mol. The van der Waals surface area contributed by atoms with Crippen LogP contribution in [0.5, 0.6) is 0 Å². The zero-order chi connectivity index (χ0) is 16.5. The van der Waals surface area contributed by atoms with Gasteiger partial charge >= 0.3 is 0 Å². The Kier molecular flexibility index (Phi) is 4.35. The molecule has 0 radical (unpaired) electrons. The van der Waals surface area contributed by atoms with Crippen LogP contribution < -0.4 is 11.3 Å². The summed E-state index contributed by atoms with van der Waals surface area (Å²) in [5, 5.41) is 0. The standard InChI is InChI=1S/C18H24N4O2/c19-15-6-10-24-18(15)13-4-8-21(9-5-13)12-14-11-17(23)22-7-2-1-3-16(22)20-14/h1-3,7,11,13,15,18H,4-6,8-10,12,19H2/t15-,18+/m1/s1. The van der Waals surface area contributed by atoms with E-state index < -0.39 is 0 Å². The van der Waals surface area contributed by atoms with Gasteiger partial charge in [-0.25, -0.2) is 4.98 Å². The summed E-state index contributed by atoms with van der Waals surface area (Å²) in [5.41, 5.74) is 7.69. The van der Waals surface area contributed by atoms with Crippen LogP contribution in [0.15, 0.2) is 35.3 Å². The van der Waals surface area contributed by atoms with Gasteiger partial charge < -0.3 is 10.5 Å². The van der Waals surface area contributed by atoms with E-state index >= 15 is 0 Å². The highest BCUT2D eigenvalue weighted by Gasteiger charge is 2.34. The highest BCUT2D eigenvalue weighted by molar-refractivity contribution is 5.37. The van der Waals surface area contributed by atoms with Crippen LogP contribution in [-0.4, -0.2) is 46.1 Å². The van der Waals surface area contributed by atoms with E-state index in [-0.39, 0.29) is 17.7 Å². The molecule has 2 aliphatic heterocycles. The molecule has 0 aliphatic carbocycles. The van der Waals surface area contributed by atoms with Crippen LogP contribution in [0.4, 0.5) is 0 Å². The van der Waals surface area contributed by atoms with Crippen LogP contribution in [0.2, 0.25) is 0 Å². The molecule has 0 aromatic carbocycles. The fourth-order valence-electron chi connectivity index (χ4n) is 3.97. The van der Waals surface area contributed by atoms with Gasteiger partial charge in [0.2, 0.25) is 0 Å². The predicted octanol–water partition coefficient (Wildman–Crippen LogP) is 1.02. The van der Waals surface area contributed by atoms with Gasteiger partial charge in [-0.3, -0.25) is 14.1 Å². The average Bonchev–Trinajstić information content (AvgIpc) is 3.02. The van der Waals surface area contributed by atoms with Crippen LogP contribution in [0, 0.1) is 5.92 Å². The normalized spacial score (nSPS) is 26.2. The monoisotopic (exact) mass is 328 g/mol. The Bertz CT molecular complexity index is 767. The van der Waals surface area contributed by atoms with E-state index in [1.54, 1.807) is 16.7 Å². The maximum Gasteiger partial charge on any atom is 0.258 e. The Morgan fingerprint density at radius 1 is 1.25 bits per heavy atom. The van der Waals surface area contributed by atoms with Crippen molar-refractivity contribution >= 4 is 5.65 Å². The lowest BCUT2D eigenvalue weighted by molar-refractivity contribution is 0.0243. The molecule has 2 aliphatic rings. The molecule has 128 valence electrons. The second-order valence-corrected chi connectivity index (χ2v) is 6.92. The zero-order valence-corrected chi connectivity index (χ0v) is 13.8. The molecule has 2 aromatic rings. The SMILES string of the molecule is N[C@@H]1CCO[C@H]1C1CCN(Cc2cc(=O)n3ccccc3n2)CC1. The summed E-state index contributed by atoms with van der Waals surface area (Å²) in [7, 11) is 0. The van der Waals surface area contributed by atoms with Crippen LogP contribution in [0.3, 0.4) is 0 Å². The maximum absolute atomic E-state index is 12.2. The number of nitrogens with zero attached hydrogens (tertiary/aromatic N) is 3. The number of hydrogen-bond donors (Lipinski definition) is 1. The molecule has 2 fully saturated rings.